The molecule has 4 rings (SSSR count). The molecular formula is C23H27Cl2N2O3PS. The van der Waals surface area contributed by atoms with Crippen molar-refractivity contribution in [2.24, 2.45) is 0 Å². The molecule has 0 unspecified atom stereocenters. The first-order chi connectivity index (χ1) is 15.4. The van der Waals surface area contributed by atoms with Crippen LogP contribution in [0.4, 0.5) is 16.2 Å². The van der Waals surface area contributed by atoms with Crippen LogP contribution in [0.1, 0.15) is 46.0 Å². The molecule has 2 aromatic carbocycles. The molecule has 172 valence electrons. The second kappa shape index (κ2) is 9.90. The fraction of sp³-hybridized carbons (Fsp3) is 0.435. The summed E-state index contributed by atoms with van der Waals surface area (Å²) in [5, 5.41) is 1.50. The van der Waals surface area contributed by atoms with Gasteiger partial charge >= 0.3 is 6.09 Å². The first kappa shape index (κ1) is 23.8. The van der Waals surface area contributed by atoms with E-state index in [1.807, 2.05) is 18.2 Å². The second-order valence-electron chi connectivity index (χ2n) is 7.99. The van der Waals surface area contributed by atoms with Crippen molar-refractivity contribution in [1.82, 2.24) is 0 Å². The molecule has 0 spiro atoms. The van der Waals surface area contributed by atoms with E-state index in [-0.39, 0.29) is 6.10 Å². The van der Waals surface area contributed by atoms with Gasteiger partial charge in [0.2, 0.25) is 0 Å². The molecule has 9 heteroatoms. The van der Waals surface area contributed by atoms with Gasteiger partial charge in [0.25, 0.3) is 0 Å². The van der Waals surface area contributed by atoms with Gasteiger partial charge in [-0.3, -0.25) is 0 Å². The van der Waals surface area contributed by atoms with E-state index in [1.54, 1.807) is 18.2 Å². The monoisotopic (exact) mass is 512 g/mol. The van der Waals surface area contributed by atoms with Crippen LogP contribution < -0.4 is 19.6 Å². The Labute approximate surface area is 204 Å². The summed E-state index contributed by atoms with van der Waals surface area (Å²) in [7, 11) is 0. The topological polar surface area (TPSA) is 42.0 Å². The van der Waals surface area contributed by atoms with E-state index in [0.29, 0.717) is 21.5 Å². The summed E-state index contributed by atoms with van der Waals surface area (Å²) in [4.78, 5) is 15.5. The van der Waals surface area contributed by atoms with Crippen molar-refractivity contribution in [2.45, 2.75) is 52.1 Å². The SMILES string of the molecule is CCN(CC)c1ccc2c(c1)OC(=O)N(c1ccc(Cl)c(Cl)c1)[P@@]2(=S)OC1CCCCC1. The molecule has 0 radical (unpaired) electrons. The van der Waals surface area contributed by atoms with E-state index in [2.05, 4.69) is 18.7 Å². The molecule has 0 aromatic heterocycles. The standard InChI is InChI=1S/C23H27Cl2N2O3PS/c1-3-26(4-2)16-11-13-22-21(15-16)29-23(28)27(17-10-12-19(24)20(25)14-17)31(22,32)30-18-8-6-5-7-9-18/h10-15,18H,3-9H2,1-2H3/t31-/m1/s1. The maximum absolute atomic E-state index is 13.3. The number of amides is 1. The minimum atomic E-state index is -2.99. The molecule has 0 N–H and O–H groups in total. The van der Waals surface area contributed by atoms with Gasteiger partial charge in [-0.05, 0) is 68.8 Å². The van der Waals surface area contributed by atoms with Gasteiger partial charge in [0, 0.05) is 24.8 Å². The molecule has 1 atom stereocenters. The van der Waals surface area contributed by atoms with Gasteiger partial charge in [-0.15, -0.1) is 0 Å². The summed E-state index contributed by atoms with van der Waals surface area (Å²) in [5.41, 5.74) is 1.52. The number of benzene rings is 2. The third kappa shape index (κ3) is 4.53. The Bertz CT molecular complexity index is 1060. The van der Waals surface area contributed by atoms with E-state index >= 15 is 0 Å². The summed E-state index contributed by atoms with van der Waals surface area (Å²) in [6.07, 6.45) is 1.76. The Hall–Kier alpha value is -1.30. The van der Waals surface area contributed by atoms with E-state index in [4.69, 9.17) is 44.3 Å². The average Bonchev–Trinajstić information content (AvgIpc) is 2.77. The van der Waals surface area contributed by atoms with Gasteiger partial charge in [0.1, 0.15) is 5.75 Å². The van der Waals surface area contributed by atoms with E-state index in [1.165, 1.54) is 11.1 Å². The first-order valence-electron chi connectivity index (χ1n) is 11.0. The number of carbonyl (C=O) groups excluding carboxylic acids is 1. The molecular weight excluding hydrogens is 486 g/mol. The number of fused-ring (bicyclic) bond motifs is 1. The number of hydrogen-bond acceptors (Lipinski definition) is 5. The Morgan fingerprint density at radius 3 is 2.47 bits per heavy atom. The maximum atomic E-state index is 13.3. The number of nitrogens with zero attached hydrogens (tertiary/aromatic N) is 2. The lowest BCUT2D eigenvalue weighted by atomic mass is 9.98. The number of hydrogen-bond donors (Lipinski definition) is 0. The van der Waals surface area contributed by atoms with Crippen LogP contribution in [-0.4, -0.2) is 25.3 Å². The molecule has 1 aliphatic heterocycles. The zero-order chi connectivity index (χ0) is 22.9. The van der Waals surface area contributed by atoms with Crippen LogP contribution in [-0.2, 0) is 16.3 Å². The van der Waals surface area contributed by atoms with Crippen molar-refractivity contribution < 1.29 is 14.1 Å². The predicted octanol–water partition coefficient (Wildman–Crippen LogP) is 7.14. The lowest BCUT2D eigenvalue weighted by Crippen LogP contribution is -2.42. The van der Waals surface area contributed by atoms with Gasteiger partial charge in [-0.2, -0.15) is 0 Å². The number of anilines is 2. The summed E-state index contributed by atoms with van der Waals surface area (Å²) in [5.74, 6) is 0.481. The molecule has 2 aromatic rings. The highest BCUT2D eigenvalue weighted by atomic mass is 35.5. The fourth-order valence-electron chi connectivity index (χ4n) is 4.31. The lowest BCUT2D eigenvalue weighted by Gasteiger charge is -2.41. The van der Waals surface area contributed by atoms with Crippen LogP contribution in [0.2, 0.25) is 10.0 Å². The Morgan fingerprint density at radius 2 is 1.81 bits per heavy atom. The van der Waals surface area contributed by atoms with Gasteiger partial charge in [-0.25, -0.2) is 9.46 Å². The van der Waals surface area contributed by atoms with E-state index in [0.717, 1.165) is 49.8 Å². The van der Waals surface area contributed by atoms with Crippen LogP contribution in [0.15, 0.2) is 36.4 Å². The minimum Gasteiger partial charge on any atom is -0.409 e. The normalized spacial score (nSPS) is 21.2. The summed E-state index contributed by atoms with van der Waals surface area (Å²) in [6.45, 7) is 5.89. The van der Waals surface area contributed by atoms with Crippen LogP contribution in [0, 0.1) is 0 Å². The maximum Gasteiger partial charge on any atom is 0.425 e. The third-order valence-electron chi connectivity index (χ3n) is 6.00. The number of ether oxygens (including phenoxy) is 1. The molecule has 2 aliphatic rings. The Morgan fingerprint density at radius 1 is 1.09 bits per heavy atom. The van der Waals surface area contributed by atoms with Crippen LogP contribution >= 0.6 is 29.6 Å². The molecule has 1 fully saturated rings. The summed E-state index contributed by atoms with van der Waals surface area (Å²) < 4.78 is 14.0. The van der Waals surface area contributed by atoms with Crippen LogP contribution in [0.3, 0.4) is 0 Å². The summed E-state index contributed by atoms with van der Waals surface area (Å²) >= 11 is 18.6. The Balaban J connectivity index is 1.82. The quantitative estimate of drug-likeness (QED) is 0.384. The highest BCUT2D eigenvalue weighted by Gasteiger charge is 2.44. The average molecular weight is 513 g/mol. The van der Waals surface area contributed by atoms with Crippen molar-refractivity contribution in [3.8, 4) is 5.75 Å². The lowest BCUT2D eigenvalue weighted by molar-refractivity contribution is 0.170. The number of rotatable bonds is 6. The molecule has 1 amide bonds. The Kier molecular flexibility index (Phi) is 7.38. The molecule has 0 saturated heterocycles. The van der Waals surface area contributed by atoms with Crippen molar-refractivity contribution >= 4 is 64.2 Å². The van der Waals surface area contributed by atoms with Crippen molar-refractivity contribution in [3.05, 3.63) is 46.4 Å². The first-order valence-corrected chi connectivity index (χ1v) is 14.5. The highest BCUT2D eigenvalue weighted by Crippen LogP contribution is 2.59. The van der Waals surface area contributed by atoms with E-state index < -0.39 is 12.5 Å². The third-order valence-corrected chi connectivity index (χ3v) is 10.6. The molecule has 32 heavy (non-hydrogen) atoms. The molecule has 1 saturated carbocycles. The van der Waals surface area contributed by atoms with Crippen molar-refractivity contribution in [1.29, 1.82) is 0 Å². The predicted molar refractivity (Wildman–Crippen MR) is 137 cm³/mol. The van der Waals surface area contributed by atoms with Gasteiger partial charge in [-0.1, -0.05) is 42.5 Å². The molecule has 5 nitrogen and oxygen atoms in total. The van der Waals surface area contributed by atoms with Gasteiger partial charge in [0.05, 0.1) is 27.1 Å². The van der Waals surface area contributed by atoms with Gasteiger partial charge in [0.15, 0.2) is 6.42 Å². The molecule has 1 aliphatic carbocycles. The zero-order valence-electron chi connectivity index (χ0n) is 18.2. The highest BCUT2D eigenvalue weighted by molar-refractivity contribution is 8.17. The minimum absolute atomic E-state index is 0.0149. The van der Waals surface area contributed by atoms with E-state index in [9.17, 15) is 4.79 Å². The van der Waals surface area contributed by atoms with Crippen LogP contribution in [0.25, 0.3) is 0 Å². The van der Waals surface area contributed by atoms with Crippen molar-refractivity contribution in [2.75, 3.05) is 22.7 Å². The smallest absolute Gasteiger partial charge is 0.409 e. The number of halogens is 2. The van der Waals surface area contributed by atoms with Crippen molar-refractivity contribution in [3.63, 3.8) is 0 Å². The largest absolute Gasteiger partial charge is 0.425 e. The summed E-state index contributed by atoms with van der Waals surface area (Å²) in [6, 6.07) is 10.9. The second-order valence-corrected chi connectivity index (χ2v) is 12.4. The molecule has 1 heterocycles. The van der Waals surface area contributed by atoms with Crippen LogP contribution in [0.5, 0.6) is 5.75 Å². The molecule has 0 bridgehead atoms. The number of carbonyl (C=O) groups is 1. The zero-order valence-corrected chi connectivity index (χ0v) is 21.4. The van der Waals surface area contributed by atoms with Gasteiger partial charge < -0.3 is 14.2 Å². The fourth-order valence-corrected chi connectivity index (χ4v) is 8.27.